The molecule has 4 nitrogen and oxygen atoms in total. The quantitative estimate of drug-likeness (QED) is 0.840. The van der Waals surface area contributed by atoms with E-state index in [9.17, 15) is 0 Å². The van der Waals surface area contributed by atoms with Gasteiger partial charge in [-0.25, -0.2) is 0 Å². The van der Waals surface area contributed by atoms with Crippen LogP contribution in [-0.2, 0) is 4.74 Å². The first-order chi connectivity index (χ1) is 9.17. The first kappa shape index (κ1) is 13.0. The van der Waals surface area contributed by atoms with Crippen molar-refractivity contribution >= 4 is 0 Å². The molecule has 0 amide bonds. The fourth-order valence-corrected chi connectivity index (χ4v) is 3.31. The lowest BCUT2D eigenvalue weighted by Crippen LogP contribution is -2.41. The normalized spacial score (nSPS) is 26.2. The Morgan fingerprint density at radius 3 is 2.89 bits per heavy atom. The largest absolute Gasteiger partial charge is 0.487 e. The molecule has 0 radical (unpaired) electrons. The number of aromatic nitrogens is 2. The lowest BCUT2D eigenvalue weighted by atomic mass is 9.90. The molecule has 2 aliphatic rings. The molecule has 0 bridgehead atoms. The van der Waals surface area contributed by atoms with E-state index in [0.717, 1.165) is 25.2 Å². The van der Waals surface area contributed by atoms with Gasteiger partial charge in [-0.2, -0.15) is 5.10 Å². The summed E-state index contributed by atoms with van der Waals surface area (Å²) in [4.78, 5) is 0. The van der Waals surface area contributed by atoms with Crippen LogP contribution in [0.1, 0.15) is 58.4 Å². The molecule has 1 spiro atoms. The fraction of sp³-hybridized carbons (Fsp3) is 0.800. The highest BCUT2D eigenvalue weighted by molar-refractivity contribution is 5.13. The zero-order chi connectivity index (χ0) is 13.3. The van der Waals surface area contributed by atoms with Crippen molar-refractivity contribution in [3.8, 4) is 5.75 Å². The highest BCUT2D eigenvalue weighted by Crippen LogP contribution is 2.40. The summed E-state index contributed by atoms with van der Waals surface area (Å²) in [6.07, 6.45) is 11.2. The standard InChI is InChI=1S/C15H24N2O2/c1-12(2)17-11-14(10-16-17)19-13-5-8-18-15(9-13)6-3-4-7-15/h10-13H,3-9H2,1-2H3. The number of nitrogens with zero attached hydrogens (tertiary/aromatic N) is 2. The van der Waals surface area contributed by atoms with E-state index in [1.54, 1.807) is 0 Å². The summed E-state index contributed by atoms with van der Waals surface area (Å²) in [5.41, 5.74) is 0.122. The van der Waals surface area contributed by atoms with E-state index in [2.05, 4.69) is 18.9 Å². The summed E-state index contributed by atoms with van der Waals surface area (Å²) in [6, 6.07) is 0.383. The molecule has 1 aliphatic carbocycles. The molecule has 106 valence electrons. The Bertz CT molecular complexity index is 422. The van der Waals surface area contributed by atoms with Gasteiger partial charge in [-0.15, -0.1) is 0 Å². The van der Waals surface area contributed by atoms with Crippen molar-refractivity contribution in [3.05, 3.63) is 12.4 Å². The van der Waals surface area contributed by atoms with Gasteiger partial charge in [-0.3, -0.25) is 4.68 Å². The lowest BCUT2D eigenvalue weighted by molar-refractivity contribution is -0.108. The first-order valence-corrected chi connectivity index (χ1v) is 7.52. The van der Waals surface area contributed by atoms with Gasteiger partial charge in [0.15, 0.2) is 5.75 Å². The summed E-state index contributed by atoms with van der Waals surface area (Å²) in [7, 11) is 0. The third-order valence-electron chi connectivity index (χ3n) is 4.37. The Kier molecular flexibility index (Phi) is 3.52. The van der Waals surface area contributed by atoms with Crippen LogP contribution in [-0.4, -0.2) is 28.1 Å². The predicted octanol–water partition coefficient (Wildman–Crippen LogP) is 3.33. The van der Waals surface area contributed by atoms with Gasteiger partial charge < -0.3 is 9.47 Å². The molecule has 0 N–H and O–H groups in total. The van der Waals surface area contributed by atoms with E-state index < -0.39 is 0 Å². The van der Waals surface area contributed by atoms with E-state index in [0.29, 0.717) is 6.04 Å². The number of hydrogen-bond acceptors (Lipinski definition) is 3. The van der Waals surface area contributed by atoms with Gasteiger partial charge in [0.05, 0.1) is 24.6 Å². The van der Waals surface area contributed by atoms with Gasteiger partial charge in [0.25, 0.3) is 0 Å². The third-order valence-corrected chi connectivity index (χ3v) is 4.37. The minimum absolute atomic E-state index is 0.122. The van der Waals surface area contributed by atoms with E-state index in [-0.39, 0.29) is 11.7 Å². The minimum atomic E-state index is 0.122. The maximum Gasteiger partial charge on any atom is 0.157 e. The number of rotatable bonds is 3. The van der Waals surface area contributed by atoms with E-state index in [1.807, 2.05) is 17.1 Å². The van der Waals surface area contributed by atoms with Crippen LogP contribution in [0.25, 0.3) is 0 Å². The van der Waals surface area contributed by atoms with Crippen molar-refractivity contribution in [2.45, 2.75) is 70.1 Å². The summed E-state index contributed by atoms with van der Waals surface area (Å²) in [6.45, 7) is 5.08. The Morgan fingerprint density at radius 1 is 1.42 bits per heavy atom. The van der Waals surface area contributed by atoms with Crippen molar-refractivity contribution in [2.75, 3.05) is 6.61 Å². The van der Waals surface area contributed by atoms with Crippen LogP contribution in [0.5, 0.6) is 5.75 Å². The highest BCUT2D eigenvalue weighted by atomic mass is 16.5. The highest BCUT2D eigenvalue weighted by Gasteiger charge is 2.40. The fourth-order valence-electron chi connectivity index (χ4n) is 3.31. The molecule has 1 aromatic heterocycles. The maximum atomic E-state index is 6.11. The number of hydrogen-bond donors (Lipinski definition) is 0. The first-order valence-electron chi connectivity index (χ1n) is 7.52. The molecule has 1 aliphatic heterocycles. The molecular formula is C15H24N2O2. The monoisotopic (exact) mass is 264 g/mol. The average Bonchev–Trinajstić information content (AvgIpc) is 3.00. The van der Waals surface area contributed by atoms with Gasteiger partial charge in [0.2, 0.25) is 0 Å². The van der Waals surface area contributed by atoms with Crippen LogP contribution in [0.4, 0.5) is 0 Å². The van der Waals surface area contributed by atoms with Crippen molar-refractivity contribution in [1.29, 1.82) is 0 Å². The summed E-state index contributed by atoms with van der Waals surface area (Å²) >= 11 is 0. The summed E-state index contributed by atoms with van der Waals surface area (Å²) < 4.78 is 14.1. The third kappa shape index (κ3) is 2.78. The minimum Gasteiger partial charge on any atom is -0.487 e. The summed E-state index contributed by atoms with van der Waals surface area (Å²) in [5, 5.41) is 4.33. The van der Waals surface area contributed by atoms with Crippen molar-refractivity contribution < 1.29 is 9.47 Å². The van der Waals surface area contributed by atoms with Crippen molar-refractivity contribution in [1.82, 2.24) is 9.78 Å². The second-order valence-corrected chi connectivity index (χ2v) is 6.22. The van der Waals surface area contributed by atoms with Crippen LogP contribution < -0.4 is 4.74 Å². The van der Waals surface area contributed by atoms with Gasteiger partial charge in [-0.1, -0.05) is 12.8 Å². The van der Waals surface area contributed by atoms with Crippen molar-refractivity contribution in [2.24, 2.45) is 0 Å². The van der Waals surface area contributed by atoms with Crippen LogP contribution >= 0.6 is 0 Å². The molecule has 1 saturated heterocycles. The smallest absolute Gasteiger partial charge is 0.157 e. The zero-order valence-corrected chi connectivity index (χ0v) is 12.0. The van der Waals surface area contributed by atoms with Crippen molar-refractivity contribution in [3.63, 3.8) is 0 Å². The average molecular weight is 264 g/mol. The molecular weight excluding hydrogens is 240 g/mol. The molecule has 19 heavy (non-hydrogen) atoms. The zero-order valence-electron chi connectivity index (χ0n) is 12.0. The topological polar surface area (TPSA) is 36.3 Å². The van der Waals surface area contributed by atoms with Gasteiger partial charge in [0.1, 0.15) is 6.10 Å². The van der Waals surface area contributed by atoms with Crippen LogP contribution in [0.2, 0.25) is 0 Å². The van der Waals surface area contributed by atoms with E-state index in [4.69, 9.17) is 9.47 Å². The maximum absolute atomic E-state index is 6.11. The Hall–Kier alpha value is -1.03. The molecule has 3 rings (SSSR count). The van der Waals surface area contributed by atoms with Gasteiger partial charge in [-0.05, 0) is 26.7 Å². The Labute approximate surface area is 115 Å². The summed E-state index contributed by atoms with van der Waals surface area (Å²) in [5.74, 6) is 0.897. The van der Waals surface area contributed by atoms with Crippen LogP contribution in [0.3, 0.4) is 0 Å². The molecule has 2 fully saturated rings. The van der Waals surface area contributed by atoms with Crippen LogP contribution in [0.15, 0.2) is 12.4 Å². The number of ether oxygens (including phenoxy) is 2. The second kappa shape index (κ2) is 5.16. The molecule has 1 atom stereocenters. The SMILES string of the molecule is CC(C)n1cc(OC2CCOC3(CCCC3)C2)cn1. The molecule has 1 aromatic rings. The Balaban J connectivity index is 1.62. The Morgan fingerprint density at radius 2 is 2.21 bits per heavy atom. The van der Waals surface area contributed by atoms with Crippen LogP contribution in [0, 0.1) is 0 Å². The molecule has 2 heterocycles. The predicted molar refractivity (Wildman–Crippen MR) is 73.4 cm³/mol. The molecule has 0 aromatic carbocycles. The van der Waals surface area contributed by atoms with Gasteiger partial charge >= 0.3 is 0 Å². The molecule has 1 saturated carbocycles. The van der Waals surface area contributed by atoms with E-state index in [1.165, 1.54) is 25.7 Å². The molecule has 4 heteroatoms. The lowest BCUT2D eigenvalue weighted by Gasteiger charge is -2.38. The molecule has 1 unspecified atom stereocenters. The van der Waals surface area contributed by atoms with E-state index >= 15 is 0 Å². The second-order valence-electron chi connectivity index (χ2n) is 6.22. The van der Waals surface area contributed by atoms with Gasteiger partial charge in [0, 0.05) is 18.9 Å².